The molecule has 0 radical (unpaired) electrons. The van der Waals surface area contributed by atoms with Gasteiger partial charge in [0, 0.05) is 5.56 Å². The lowest BCUT2D eigenvalue weighted by molar-refractivity contribution is 0.00578. The Hall–Kier alpha value is -1.98. The van der Waals surface area contributed by atoms with E-state index in [1.807, 2.05) is 58.9 Å². The summed E-state index contributed by atoms with van der Waals surface area (Å²) in [5, 5.41) is 0. The van der Waals surface area contributed by atoms with Crippen LogP contribution >= 0.6 is 0 Å². The Morgan fingerprint density at radius 2 is 1.46 bits per heavy atom. The summed E-state index contributed by atoms with van der Waals surface area (Å²) < 4.78 is 40.3. The molecule has 1 saturated heterocycles. The van der Waals surface area contributed by atoms with Crippen molar-refractivity contribution in [2.24, 2.45) is 0 Å². The lowest BCUT2D eigenvalue weighted by atomic mass is 9.86. The molecule has 3 rings (SSSR count). The first kappa shape index (κ1) is 18.8. The van der Waals surface area contributed by atoms with Gasteiger partial charge in [-0.2, -0.15) is 0 Å². The summed E-state index contributed by atoms with van der Waals surface area (Å²) in [5.41, 5.74) is 1.12. The molecule has 0 aliphatic carbocycles. The third kappa shape index (κ3) is 3.60. The average molecular weight is 356 g/mol. The zero-order valence-corrected chi connectivity index (χ0v) is 15.8. The van der Waals surface area contributed by atoms with Crippen LogP contribution in [0.25, 0.3) is 17.2 Å². The van der Waals surface area contributed by atoms with Crippen LogP contribution < -0.4 is 0 Å². The number of benzene rings is 2. The number of rotatable bonds is 3. The maximum atomic E-state index is 14.7. The second-order valence-corrected chi connectivity index (χ2v) is 7.72. The molecule has 1 aliphatic rings. The molecule has 5 heteroatoms. The van der Waals surface area contributed by atoms with Crippen LogP contribution in [0.15, 0.2) is 48.2 Å². The molecule has 0 unspecified atom stereocenters. The van der Waals surface area contributed by atoms with Gasteiger partial charge in [0.2, 0.25) is 0 Å². The Bertz CT molecular complexity index is 826. The molecule has 1 fully saturated rings. The molecule has 0 atom stereocenters. The van der Waals surface area contributed by atoms with Crippen molar-refractivity contribution in [3.8, 4) is 11.1 Å². The Balaban J connectivity index is 1.91. The summed E-state index contributed by atoms with van der Waals surface area (Å²) in [6, 6.07) is 12.5. The minimum absolute atomic E-state index is 0.162. The predicted molar refractivity (Wildman–Crippen MR) is 102 cm³/mol. The van der Waals surface area contributed by atoms with E-state index in [0.29, 0.717) is 0 Å². The van der Waals surface area contributed by atoms with E-state index in [9.17, 15) is 8.78 Å². The Kier molecular flexibility index (Phi) is 4.80. The van der Waals surface area contributed by atoms with Gasteiger partial charge in [-0.25, -0.2) is 8.78 Å². The van der Waals surface area contributed by atoms with Gasteiger partial charge in [0.15, 0.2) is 0 Å². The molecule has 1 aliphatic heterocycles. The number of halogens is 2. The highest BCUT2D eigenvalue weighted by Crippen LogP contribution is 2.39. The predicted octanol–water partition coefficient (Wildman–Crippen LogP) is 5.74. The number of hydrogen-bond acceptors (Lipinski definition) is 2. The van der Waals surface area contributed by atoms with E-state index in [-0.39, 0.29) is 5.56 Å². The van der Waals surface area contributed by atoms with Crippen molar-refractivity contribution in [2.45, 2.75) is 45.8 Å². The van der Waals surface area contributed by atoms with Crippen LogP contribution in [-0.4, -0.2) is 18.3 Å². The second kappa shape index (κ2) is 6.64. The van der Waals surface area contributed by atoms with Crippen LogP contribution in [0.4, 0.5) is 8.78 Å². The SMILES string of the molecule is Cc1ccc(-c2ccc(F)c(C=C(F)B3OC(C)(C)C(C)(C)O3)c2)cc1. The van der Waals surface area contributed by atoms with E-state index in [0.717, 1.165) is 22.8 Å². The largest absolute Gasteiger partial charge is 0.525 e. The third-order valence-corrected chi connectivity index (χ3v) is 5.15. The third-order valence-electron chi connectivity index (χ3n) is 5.15. The maximum Gasteiger partial charge on any atom is 0.525 e. The molecule has 0 aromatic heterocycles. The molecule has 0 amide bonds. The fraction of sp³-hybridized carbons (Fsp3) is 0.333. The summed E-state index contributed by atoms with van der Waals surface area (Å²) in [4.78, 5) is 0. The van der Waals surface area contributed by atoms with E-state index < -0.39 is 29.9 Å². The van der Waals surface area contributed by atoms with Crippen molar-refractivity contribution in [1.29, 1.82) is 0 Å². The molecule has 0 N–H and O–H groups in total. The summed E-state index contributed by atoms with van der Waals surface area (Å²) >= 11 is 0. The minimum Gasteiger partial charge on any atom is -0.398 e. The van der Waals surface area contributed by atoms with Gasteiger partial charge >= 0.3 is 7.12 Å². The highest BCUT2D eigenvalue weighted by molar-refractivity contribution is 6.54. The highest BCUT2D eigenvalue weighted by Gasteiger charge is 2.53. The molecule has 0 bridgehead atoms. The minimum atomic E-state index is -1.14. The Morgan fingerprint density at radius 3 is 2.04 bits per heavy atom. The van der Waals surface area contributed by atoms with Gasteiger partial charge in [0.25, 0.3) is 0 Å². The van der Waals surface area contributed by atoms with E-state index >= 15 is 0 Å². The molecule has 2 aromatic rings. The van der Waals surface area contributed by atoms with Crippen molar-refractivity contribution >= 4 is 13.2 Å². The van der Waals surface area contributed by atoms with Crippen molar-refractivity contribution in [3.63, 3.8) is 0 Å². The van der Waals surface area contributed by atoms with Crippen LogP contribution in [-0.2, 0) is 9.31 Å². The summed E-state index contributed by atoms with van der Waals surface area (Å²) in [6.07, 6.45) is 1.15. The van der Waals surface area contributed by atoms with Crippen molar-refractivity contribution in [2.75, 3.05) is 0 Å². The van der Waals surface area contributed by atoms with Crippen molar-refractivity contribution in [1.82, 2.24) is 0 Å². The molecule has 0 spiro atoms. The van der Waals surface area contributed by atoms with Crippen LogP contribution in [0.1, 0.15) is 38.8 Å². The van der Waals surface area contributed by atoms with E-state index in [1.54, 1.807) is 12.1 Å². The molecule has 1 heterocycles. The van der Waals surface area contributed by atoms with E-state index in [4.69, 9.17) is 9.31 Å². The van der Waals surface area contributed by atoms with E-state index in [1.165, 1.54) is 6.07 Å². The van der Waals surface area contributed by atoms with Gasteiger partial charge in [0.05, 0.1) is 11.2 Å². The Morgan fingerprint density at radius 1 is 0.923 bits per heavy atom. The van der Waals surface area contributed by atoms with Crippen LogP contribution in [0.5, 0.6) is 0 Å². The lowest BCUT2D eigenvalue weighted by Crippen LogP contribution is -2.41. The van der Waals surface area contributed by atoms with Crippen LogP contribution in [0.2, 0.25) is 0 Å². The number of aryl methyl sites for hydroxylation is 1. The van der Waals surface area contributed by atoms with Crippen molar-refractivity contribution in [3.05, 3.63) is 65.1 Å². The fourth-order valence-electron chi connectivity index (χ4n) is 2.75. The fourth-order valence-corrected chi connectivity index (χ4v) is 2.75. The second-order valence-electron chi connectivity index (χ2n) is 7.72. The molecule has 26 heavy (non-hydrogen) atoms. The monoisotopic (exact) mass is 356 g/mol. The molecule has 2 nitrogen and oxygen atoms in total. The number of hydrogen-bond donors (Lipinski definition) is 0. The van der Waals surface area contributed by atoms with Crippen molar-refractivity contribution < 1.29 is 18.1 Å². The Labute approximate surface area is 154 Å². The van der Waals surface area contributed by atoms with Gasteiger partial charge in [-0.15, -0.1) is 0 Å². The summed E-state index contributed by atoms with van der Waals surface area (Å²) in [6.45, 7) is 9.39. The highest BCUT2D eigenvalue weighted by atomic mass is 19.1. The van der Waals surface area contributed by atoms with Crippen LogP contribution in [0, 0.1) is 12.7 Å². The summed E-state index contributed by atoms with van der Waals surface area (Å²) in [5.74, 6) is -0.493. The summed E-state index contributed by atoms with van der Waals surface area (Å²) in [7, 11) is -1.14. The molecule has 0 saturated carbocycles. The van der Waals surface area contributed by atoms with E-state index in [2.05, 4.69) is 0 Å². The zero-order valence-electron chi connectivity index (χ0n) is 15.8. The smallest absolute Gasteiger partial charge is 0.398 e. The molecule has 2 aromatic carbocycles. The first-order valence-corrected chi connectivity index (χ1v) is 8.68. The zero-order chi connectivity index (χ0) is 19.1. The molecule has 136 valence electrons. The van der Waals surface area contributed by atoms with Gasteiger partial charge < -0.3 is 9.31 Å². The first-order chi connectivity index (χ1) is 12.1. The molecular formula is C21H23BF2O2. The first-order valence-electron chi connectivity index (χ1n) is 8.68. The maximum absolute atomic E-state index is 14.7. The van der Waals surface area contributed by atoms with Gasteiger partial charge in [-0.3, -0.25) is 0 Å². The average Bonchev–Trinajstić information content (AvgIpc) is 2.78. The standard InChI is InChI=1S/C21H23BF2O2/c1-14-6-8-15(9-7-14)16-10-11-18(23)17(12-16)13-19(24)22-25-20(2,3)21(4,5)26-22/h6-13H,1-5H3. The molecular weight excluding hydrogens is 333 g/mol. The lowest BCUT2D eigenvalue weighted by Gasteiger charge is -2.32. The van der Waals surface area contributed by atoms with Gasteiger partial charge in [-0.1, -0.05) is 35.9 Å². The van der Waals surface area contributed by atoms with Gasteiger partial charge in [0.1, 0.15) is 11.5 Å². The normalized spacial score (nSPS) is 19.0. The quantitative estimate of drug-likeness (QED) is 0.653. The van der Waals surface area contributed by atoms with Crippen LogP contribution in [0.3, 0.4) is 0 Å². The van der Waals surface area contributed by atoms with Gasteiger partial charge in [-0.05, 0) is 64.0 Å². The topological polar surface area (TPSA) is 18.5 Å².